The fraction of sp³-hybridized carbons (Fsp3) is 0.231. The molecule has 0 aliphatic rings. The van der Waals surface area contributed by atoms with Crippen LogP contribution in [-0.2, 0) is 22.4 Å². The van der Waals surface area contributed by atoms with Crippen molar-refractivity contribution in [2.75, 3.05) is 14.2 Å². The average molecular weight is 552 g/mol. The summed E-state index contributed by atoms with van der Waals surface area (Å²) >= 11 is 3.04. The highest BCUT2D eigenvalue weighted by atomic mass is 32.1. The number of rotatable bonds is 10. The molecule has 0 aliphatic carbocycles. The van der Waals surface area contributed by atoms with Gasteiger partial charge in [-0.3, -0.25) is 24.8 Å². The summed E-state index contributed by atoms with van der Waals surface area (Å²) in [5, 5.41) is 18.8. The molecule has 12 heteroatoms. The molecule has 0 spiro atoms. The van der Waals surface area contributed by atoms with Crippen LogP contribution in [0.1, 0.15) is 22.9 Å². The smallest absolute Gasteiger partial charge is 0.409 e. The summed E-state index contributed by atoms with van der Waals surface area (Å²) in [7, 11) is 2.77. The summed E-state index contributed by atoms with van der Waals surface area (Å²) in [5.74, 6) is -0.390. The Bertz CT molecular complexity index is 1380. The van der Waals surface area contributed by atoms with E-state index in [1.807, 2.05) is 29.0 Å². The first-order valence-electron chi connectivity index (χ1n) is 11.6. The number of aromatic nitrogens is 2. The van der Waals surface area contributed by atoms with Gasteiger partial charge in [0.2, 0.25) is 5.91 Å². The molecule has 1 N–H and O–H groups in total. The Morgan fingerprint density at radius 1 is 1.11 bits per heavy atom. The number of carbonyl (C=O) groups is 2. The molecule has 0 saturated carbocycles. The maximum atomic E-state index is 13.7. The third-order valence-electron chi connectivity index (χ3n) is 5.90. The zero-order valence-corrected chi connectivity index (χ0v) is 22.3. The molecule has 196 valence electrons. The molecule has 0 radical (unpaired) electrons. The summed E-state index contributed by atoms with van der Waals surface area (Å²) in [6, 6.07) is 12.3. The van der Waals surface area contributed by atoms with E-state index < -0.39 is 23.1 Å². The van der Waals surface area contributed by atoms with Crippen LogP contribution in [-0.4, -0.2) is 52.0 Å². The highest BCUT2D eigenvalue weighted by molar-refractivity contribution is 7.20. The van der Waals surface area contributed by atoms with Crippen LogP contribution < -0.4 is 5.32 Å². The third kappa shape index (κ3) is 6.58. The van der Waals surface area contributed by atoms with Gasteiger partial charge in [0.15, 0.2) is 0 Å². The van der Waals surface area contributed by atoms with Gasteiger partial charge in [0.1, 0.15) is 11.0 Å². The number of non-ortho nitro benzene ring substituents is 1. The van der Waals surface area contributed by atoms with Crippen molar-refractivity contribution in [1.29, 1.82) is 0 Å². The van der Waals surface area contributed by atoms with Crippen LogP contribution in [0.4, 0.5) is 10.5 Å². The highest BCUT2D eigenvalue weighted by Crippen LogP contribution is 2.31. The van der Waals surface area contributed by atoms with Crippen molar-refractivity contribution in [2.24, 2.45) is 0 Å². The standard InChI is InChI=1S/C26H25N5O5S2/c1-30(26(33)36-2)22(14-18-5-3-11-27-15-18)24(32)28-20(13-17-7-9-19(10-8-17)31(34)35)21-16-38-25(29-21)23-6-4-12-37-23/h3-12,15-16,20,22H,13-14H2,1-2H3,(H,28,32)/t20-,22?/m0/s1. The highest BCUT2D eigenvalue weighted by Gasteiger charge is 2.30. The Morgan fingerprint density at radius 2 is 1.89 bits per heavy atom. The van der Waals surface area contributed by atoms with E-state index in [0.29, 0.717) is 12.1 Å². The number of hydrogen-bond donors (Lipinski definition) is 1. The second kappa shape index (κ2) is 12.4. The minimum absolute atomic E-state index is 0.0146. The summed E-state index contributed by atoms with van der Waals surface area (Å²) in [5.41, 5.74) is 2.21. The van der Waals surface area contributed by atoms with E-state index in [2.05, 4.69) is 10.3 Å². The number of pyridine rings is 1. The Hall–Kier alpha value is -4.16. The van der Waals surface area contributed by atoms with E-state index in [4.69, 9.17) is 9.72 Å². The first-order valence-corrected chi connectivity index (χ1v) is 13.3. The number of thiophene rings is 1. The van der Waals surface area contributed by atoms with Gasteiger partial charge in [-0.1, -0.05) is 24.3 Å². The Kier molecular flexibility index (Phi) is 8.77. The maximum Gasteiger partial charge on any atom is 0.409 e. The second-order valence-corrected chi connectivity index (χ2v) is 10.2. The molecular weight excluding hydrogens is 526 g/mol. The van der Waals surface area contributed by atoms with Gasteiger partial charge in [-0.25, -0.2) is 9.78 Å². The van der Waals surface area contributed by atoms with Crippen LogP contribution >= 0.6 is 22.7 Å². The number of hydrogen-bond acceptors (Lipinski definition) is 9. The van der Waals surface area contributed by atoms with Crippen LogP contribution in [0.5, 0.6) is 0 Å². The summed E-state index contributed by atoms with van der Waals surface area (Å²) in [6.07, 6.45) is 3.21. The second-order valence-electron chi connectivity index (χ2n) is 8.41. The van der Waals surface area contributed by atoms with Gasteiger partial charge < -0.3 is 10.1 Å². The number of carbonyl (C=O) groups excluding carboxylic acids is 2. The topological polar surface area (TPSA) is 128 Å². The molecule has 4 aromatic rings. The van der Waals surface area contributed by atoms with Crippen molar-refractivity contribution >= 4 is 40.4 Å². The van der Waals surface area contributed by atoms with Gasteiger partial charge in [-0.05, 0) is 35.1 Å². The molecular formula is C26H25N5O5S2. The molecule has 2 amide bonds. The van der Waals surface area contributed by atoms with E-state index in [1.165, 1.54) is 42.5 Å². The average Bonchev–Trinajstić information content (AvgIpc) is 3.64. The van der Waals surface area contributed by atoms with Crippen LogP contribution in [0.25, 0.3) is 9.88 Å². The SMILES string of the molecule is COC(=O)N(C)C(Cc1cccnc1)C(=O)N[C@@H](Cc1ccc([N+](=O)[O-])cc1)c1csc(-c2cccs2)n1. The van der Waals surface area contributed by atoms with Crippen LogP contribution in [0.2, 0.25) is 0 Å². The van der Waals surface area contributed by atoms with Crippen LogP contribution in [0, 0.1) is 10.1 Å². The van der Waals surface area contributed by atoms with Crippen molar-refractivity contribution in [3.63, 3.8) is 0 Å². The third-order valence-corrected chi connectivity index (χ3v) is 7.80. The molecule has 38 heavy (non-hydrogen) atoms. The number of nitrogens with zero attached hydrogens (tertiary/aromatic N) is 4. The molecule has 1 unspecified atom stereocenters. The Labute approximate surface area is 227 Å². The molecule has 0 aliphatic heterocycles. The number of nitro benzene ring substituents is 1. The van der Waals surface area contributed by atoms with Gasteiger partial charge in [-0.2, -0.15) is 0 Å². The summed E-state index contributed by atoms with van der Waals surface area (Å²) in [6.45, 7) is 0. The van der Waals surface area contributed by atoms with Gasteiger partial charge in [0.05, 0.1) is 28.6 Å². The number of nitrogens with one attached hydrogen (secondary N) is 1. The molecule has 0 saturated heterocycles. The number of ether oxygens (including phenoxy) is 1. The first kappa shape index (κ1) is 26.9. The molecule has 0 fully saturated rings. The monoisotopic (exact) mass is 551 g/mol. The first-order chi connectivity index (χ1) is 18.4. The Balaban J connectivity index is 1.63. The lowest BCUT2D eigenvalue weighted by Gasteiger charge is -2.28. The normalized spacial score (nSPS) is 12.4. The van der Waals surface area contributed by atoms with Crippen LogP contribution in [0.15, 0.2) is 71.7 Å². The molecule has 2 atom stereocenters. The molecule has 0 bridgehead atoms. The zero-order valence-electron chi connectivity index (χ0n) is 20.6. The lowest BCUT2D eigenvalue weighted by Crippen LogP contribution is -2.50. The minimum atomic E-state index is -0.874. The zero-order chi connectivity index (χ0) is 27.1. The minimum Gasteiger partial charge on any atom is -0.453 e. The quantitative estimate of drug-likeness (QED) is 0.220. The van der Waals surface area contributed by atoms with Crippen molar-refractivity contribution in [3.8, 4) is 9.88 Å². The lowest BCUT2D eigenvalue weighted by molar-refractivity contribution is -0.384. The Morgan fingerprint density at radius 3 is 2.53 bits per heavy atom. The van der Waals surface area contributed by atoms with E-state index in [0.717, 1.165) is 21.0 Å². The van der Waals surface area contributed by atoms with Crippen molar-refractivity contribution in [1.82, 2.24) is 20.2 Å². The molecule has 10 nitrogen and oxygen atoms in total. The van der Waals surface area contributed by atoms with Crippen molar-refractivity contribution in [3.05, 3.63) is 98.6 Å². The van der Waals surface area contributed by atoms with E-state index in [1.54, 1.807) is 41.9 Å². The van der Waals surface area contributed by atoms with Gasteiger partial charge in [0, 0.05) is 43.4 Å². The number of benzene rings is 1. The van der Waals surface area contributed by atoms with Gasteiger partial charge in [-0.15, -0.1) is 22.7 Å². The largest absolute Gasteiger partial charge is 0.453 e. The number of amides is 2. The van der Waals surface area contributed by atoms with E-state index in [9.17, 15) is 19.7 Å². The lowest BCUT2D eigenvalue weighted by atomic mass is 10.0. The molecule has 3 heterocycles. The van der Waals surface area contributed by atoms with E-state index in [-0.39, 0.29) is 18.0 Å². The van der Waals surface area contributed by atoms with Gasteiger partial charge in [0.25, 0.3) is 5.69 Å². The predicted molar refractivity (Wildman–Crippen MR) is 145 cm³/mol. The van der Waals surface area contributed by atoms with Crippen molar-refractivity contribution in [2.45, 2.75) is 24.9 Å². The van der Waals surface area contributed by atoms with E-state index >= 15 is 0 Å². The summed E-state index contributed by atoms with van der Waals surface area (Å²) in [4.78, 5) is 47.8. The molecule has 1 aromatic carbocycles. The molecule has 4 rings (SSSR count). The van der Waals surface area contributed by atoms with Gasteiger partial charge >= 0.3 is 6.09 Å². The number of nitro groups is 1. The van der Waals surface area contributed by atoms with Crippen LogP contribution in [0.3, 0.4) is 0 Å². The fourth-order valence-corrected chi connectivity index (χ4v) is 5.55. The predicted octanol–water partition coefficient (Wildman–Crippen LogP) is 4.88. The molecule has 3 aromatic heterocycles. The van der Waals surface area contributed by atoms with Crippen molar-refractivity contribution < 1.29 is 19.2 Å². The summed E-state index contributed by atoms with van der Waals surface area (Å²) < 4.78 is 4.87. The number of methoxy groups -OCH3 is 1. The number of likely N-dealkylation sites (N-methyl/N-ethyl adjacent to an activating group) is 1. The number of thiazole rings is 1. The fourth-order valence-electron chi connectivity index (χ4n) is 3.87. The maximum absolute atomic E-state index is 13.7.